The Morgan fingerprint density at radius 2 is 1.57 bits per heavy atom. The van der Waals surface area contributed by atoms with E-state index in [0.29, 0.717) is 13.1 Å². The minimum atomic E-state index is -4.34. The van der Waals surface area contributed by atoms with E-state index < -0.39 is 12.8 Å². The Morgan fingerprint density at radius 3 is 2.17 bits per heavy atom. The van der Waals surface area contributed by atoms with Crippen LogP contribution < -0.4 is 9.64 Å². The molecule has 5 nitrogen and oxygen atoms in total. The molecule has 0 aromatic heterocycles. The molecule has 0 spiro atoms. The SMILES string of the molecule is CN(C(=O)CN1CCN(Cc2ccc(OCC(F)(F)F)cc2)CC1)c1ccccc1. The molecule has 1 aliphatic rings. The summed E-state index contributed by atoms with van der Waals surface area (Å²) in [5, 5.41) is 0. The summed E-state index contributed by atoms with van der Waals surface area (Å²) in [4.78, 5) is 18.6. The molecule has 0 unspecified atom stereocenters. The van der Waals surface area contributed by atoms with Crippen LogP contribution in [0, 0.1) is 0 Å². The van der Waals surface area contributed by atoms with Crippen LogP contribution in [0.1, 0.15) is 5.56 Å². The van der Waals surface area contributed by atoms with Crippen LogP contribution in [0.25, 0.3) is 0 Å². The molecule has 162 valence electrons. The number of halogens is 3. The lowest BCUT2D eigenvalue weighted by Crippen LogP contribution is -2.49. The maximum absolute atomic E-state index is 12.5. The molecule has 2 aromatic rings. The highest BCUT2D eigenvalue weighted by Crippen LogP contribution is 2.19. The highest BCUT2D eigenvalue weighted by Gasteiger charge is 2.28. The maximum Gasteiger partial charge on any atom is 0.422 e. The average molecular weight is 421 g/mol. The number of carbonyl (C=O) groups is 1. The summed E-state index contributed by atoms with van der Waals surface area (Å²) in [6.07, 6.45) is -4.34. The van der Waals surface area contributed by atoms with Gasteiger partial charge in [0, 0.05) is 45.5 Å². The third-order valence-corrected chi connectivity index (χ3v) is 5.07. The van der Waals surface area contributed by atoms with E-state index in [4.69, 9.17) is 4.74 Å². The van der Waals surface area contributed by atoms with Gasteiger partial charge in [0.1, 0.15) is 5.75 Å². The van der Waals surface area contributed by atoms with Gasteiger partial charge in [-0.2, -0.15) is 13.2 Å². The standard InChI is InChI=1S/C22H26F3N3O2/c1-26(19-5-3-2-4-6-19)21(29)16-28-13-11-27(12-14-28)15-18-7-9-20(10-8-18)30-17-22(23,24)25/h2-10H,11-17H2,1H3. The topological polar surface area (TPSA) is 36.0 Å². The molecule has 0 bridgehead atoms. The quantitative estimate of drug-likeness (QED) is 0.687. The zero-order chi connectivity index (χ0) is 21.6. The predicted molar refractivity (Wildman–Crippen MR) is 110 cm³/mol. The highest BCUT2D eigenvalue weighted by atomic mass is 19.4. The summed E-state index contributed by atoms with van der Waals surface area (Å²) in [5.41, 5.74) is 1.89. The Labute approximate surface area is 174 Å². The Kier molecular flexibility index (Phi) is 7.33. The molecule has 30 heavy (non-hydrogen) atoms. The van der Waals surface area contributed by atoms with Crippen LogP contribution in [0.4, 0.5) is 18.9 Å². The lowest BCUT2D eigenvalue weighted by atomic mass is 10.2. The fraction of sp³-hybridized carbons (Fsp3) is 0.409. The largest absolute Gasteiger partial charge is 0.484 e. The van der Waals surface area contributed by atoms with Crippen molar-refractivity contribution in [3.8, 4) is 5.75 Å². The number of rotatable bonds is 7. The molecule has 0 saturated carbocycles. The summed E-state index contributed by atoms with van der Waals surface area (Å²) in [6, 6.07) is 16.3. The Balaban J connectivity index is 1.41. The monoisotopic (exact) mass is 421 g/mol. The van der Waals surface area contributed by atoms with Gasteiger partial charge in [-0.05, 0) is 29.8 Å². The van der Waals surface area contributed by atoms with E-state index in [1.807, 2.05) is 30.3 Å². The molecular formula is C22H26F3N3O2. The fourth-order valence-corrected chi connectivity index (χ4v) is 3.31. The number of anilines is 1. The molecule has 0 atom stereocenters. The zero-order valence-electron chi connectivity index (χ0n) is 16.9. The van der Waals surface area contributed by atoms with E-state index in [-0.39, 0.29) is 11.7 Å². The molecule has 3 rings (SSSR count). The molecule has 0 N–H and O–H groups in total. The molecular weight excluding hydrogens is 395 g/mol. The van der Waals surface area contributed by atoms with Gasteiger partial charge in [0.05, 0.1) is 6.54 Å². The first-order valence-corrected chi connectivity index (χ1v) is 9.85. The van der Waals surface area contributed by atoms with E-state index in [1.165, 1.54) is 0 Å². The van der Waals surface area contributed by atoms with Crippen molar-refractivity contribution in [1.29, 1.82) is 0 Å². The van der Waals surface area contributed by atoms with Gasteiger partial charge >= 0.3 is 6.18 Å². The van der Waals surface area contributed by atoms with E-state index in [0.717, 1.165) is 37.4 Å². The van der Waals surface area contributed by atoms with Gasteiger partial charge in [0.2, 0.25) is 5.91 Å². The number of piperazine rings is 1. The average Bonchev–Trinajstić information content (AvgIpc) is 2.74. The Bertz CT molecular complexity index is 805. The second-order valence-corrected chi connectivity index (χ2v) is 7.39. The van der Waals surface area contributed by atoms with Gasteiger partial charge < -0.3 is 9.64 Å². The summed E-state index contributed by atoms with van der Waals surface area (Å²) < 4.78 is 41.4. The number of nitrogens with zero attached hydrogens (tertiary/aromatic N) is 3. The summed E-state index contributed by atoms with van der Waals surface area (Å²) in [5.74, 6) is 0.269. The van der Waals surface area contributed by atoms with E-state index >= 15 is 0 Å². The minimum absolute atomic E-state index is 0.0593. The number of ether oxygens (including phenoxy) is 1. The van der Waals surface area contributed by atoms with E-state index in [1.54, 1.807) is 36.2 Å². The molecule has 8 heteroatoms. The van der Waals surface area contributed by atoms with Crippen LogP contribution >= 0.6 is 0 Å². The van der Waals surface area contributed by atoms with Gasteiger partial charge in [-0.3, -0.25) is 14.6 Å². The maximum atomic E-state index is 12.5. The number of alkyl halides is 3. The second-order valence-electron chi connectivity index (χ2n) is 7.39. The number of carbonyl (C=O) groups excluding carboxylic acids is 1. The second kappa shape index (κ2) is 9.95. The number of amides is 1. The first kappa shape index (κ1) is 22.1. The lowest BCUT2D eigenvalue weighted by Gasteiger charge is -2.35. The van der Waals surface area contributed by atoms with Gasteiger partial charge in [-0.25, -0.2) is 0 Å². The molecule has 1 heterocycles. The van der Waals surface area contributed by atoms with Gasteiger partial charge in [0.25, 0.3) is 0 Å². The molecule has 0 radical (unpaired) electrons. The number of para-hydroxylation sites is 1. The first-order chi connectivity index (χ1) is 14.3. The number of benzene rings is 2. The lowest BCUT2D eigenvalue weighted by molar-refractivity contribution is -0.153. The van der Waals surface area contributed by atoms with Gasteiger partial charge in [-0.15, -0.1) is 0 Å². The van der Waals surface area contributed by atoms with E-state index in [2.05, 4.69) is 9.80 Å². The normalized spacial score (nSPS) is 15.7. The van der Waals surface area contributed by atoms with Crippen LogP contribution in [-0.2, 0) is 11.3 Å². The molecule has 1 aliphatic heterocycles. The van der Waals surface area contributed by atoms with Crippen molar-refractivity contribution in [3.05, 3.63) is 60.2 Å². The Morgan fingerprint density at radius 1 is 0.967 bits per heavy atom. The van der Waals surface area contributed by atoms with Crippen molar-refractivity contribution < 1.29 is 22.7 Å². The molecule has 2 aromatic carbocycles. The summed E-state index contributed by atoms with van der Waals surface area (Å²) in [6.45, 7) is 3.05. The molecule has 1 saturated heterocycles. The van der Waals surface area contributed by atoms with Crippen molar-refractivity contribution >= 4 is 11.6 Å². The summed E-state index contributed by atoms with van der Waals surface area (Å²) in [7, 11) is 1.79. The van der Waals surface area contributed by atoms with Crippen molar-refractivity contribution in [2.24, 2.45) is 0 Å². The first-order valence-electron chi connectivity index (χ1n) is 9.85. The third-order valence-electron chi connectivity index (χ3n) is 5.07. The van der Waals surface area contributed by atoms with Gasteiger partial charge in [0.15, 0.2) is 6.61 Å². The van der Waals surface area contributed by atoms with Crippen LogP contribution in [0.5, 0.6) is 5.75 Å². The number of likely N-dealkylation sites (N-methyl/N-ethyl adjacent to an activating group) is 1. The predicted octanol–water partition coefficient (Wildman–Crippen LogP) is 3.41. The van der Waals surface area contributed by atoms with Crippen LogP contribution in [0.15, 0.2) is 54.6 Å². The molecule has 1 fully saturated rings. The van der Waals surface area contributed by atoms with E-state index in [9.17, 15) is 18.0 Å². The molecule has 0 aliphatic carbocycles. The van der Waals surface area contributed by atoms with Crippen molar-refractivity contribution in [1.82, 2.24) is 9.80 Å². The van der Waals surface area contributed by atoms with Crippen molar-refractivity contribution in [2.75, 3.05) is 51.3 Å². The van der Waals surface area contributed by atoms with Crippen LogP contribution in [-0.4, -0.2) is 68.3 Å². The fourth-order valence-electron chi connectivity index (χ4n) is 3.31. The number of hydrogen-bond acceptors (Lipinski definition) is 4. The zero-order valence-corrected chi connectivity index (χ0v) is 16.9. The smallest absolute Gasteiger partial charge is 0.422 e. The Hall–Kier alpha value is -2.58. The van der Waals surface area contributed by atoms with Crippen LogP contribution in [0.3, 0.4) is 0 Å². The van der Waals surface area contributed by atoms with Crippen LogP contribution in [0.2, 0.25) is 0 Å². The summed E-state index contributed by atoms with van der Waals surface area (Å²) >= 11 is 0. The third kappa shape index (κ3) is 6.74. The number of hydrogen-bond donors (Lipinski definition) is 0. The van der Waals surface area contributed by atoms with Crippen molar-refractivity contribution in [3.63, 3.8) is 0 Å². The highest BCUT2D eigenvalue weighted by molar-refractivity contribution is 5.94. The van der Waals surface area contributed by atoms with Gasteiger partial charge in [-0.1, -0.05) is 30.3 Å². The molecule has 1 amide bonds. The minimum Gasteiger partial charge on any atom is -0.484 e. The van der Waals surface area contributed by atoms with Crippen molar-refractivity contribution in [2.45, 2.75) is 12.7 Å².